The zero-order valence-corrected chi connectivity index (χ0v) is 18.0. The standard InChI is InChI=1S/C23H27N7O2/c31-21-18-5-3-16-13-25-22(28-20(16)30(18)23(15-26-21)7-1-2-8-23)27-19-6-4-17(14-24-19)29-9-11-32-12-10-29/h3-6,13-14,18H,1-2,7-12,15H2,(H,26,31)(H,24,25,27,28). The van der Waals surface area contributed by atoms with Gasteiger partial charge in [0.15, 0.2) is 0 Å². The number of fused-ring (bicyclic) bond motifs is 4. The van der Waals surface area contributed by atoms with Gasteiger partial charge in [-0.05, 0) is 25.0 Å². The molecule has 3 fully saturated rings. The van der Waals surface area contributed by atoms with E-state index in [2.05, 4.69) is 36.5 Å². The van der Waals surface area contributed by atoms with Crippen LogP contribution in [0.15, 0.2) is 30.6 Å². The highest BCUT2D eigenvalue weighted by Gasteiger charge is 2.49. The van der Waals surface area contributed by atoms with Gasteiger partial charge in [0.1, 0.15) is 17.7 Å². The summed E-state index contributed by atoms with van der Waals surface area (Å²) in [6, 6.07) is 3.69. The molecule has 4 aliphatic rings. The summed E-state index contributed by atoms with van der Waals surface area (Å²) in [5, 5.41) is 6.36. The lowest BCUT2D eigenvalue weighted by Crippen LogP contribution is -2.67. The first-order valence-electron chi connectivity index (χ1n) is 11.4. The van der Waals surface area contributed by atoms with Crippen LogP contribution in [0.3, 0.4) is 0 Å². The number of anilines is 4. The number of nitrogens with zero attached hydrogens (tertiary/aromatic N) is 5. The van der Waals surface area contributed by atoms with Crippen LogP contribution < -0.4 is 20.4 Å². The SMILES string of the molecule is O=C1NCC2(CCCC2)N2c3nc(Nc4ccc(N5CCOCC5)cn4)ncc3C=CC12. The van der Waals surface area contributed by atoms with E-state index < -0.39 is 0 Å². The highest BCUT2D eigenvalue weighted by Crippen LogP contribution is 2.43. The molecule has 0 bridgehead atoms. The number of piperazine rings is 1. The van der Waals surface area contributed by atoms with Gasteiger partial charge in [0.2, 0.25) is 11.9 Å². The predicted octanol–water partition coefficient (Wildman–Crippen LogP) is 2.10. The average molecular weight is 434 g/mol. The second kappa shape index (κ2) is 7.74. The third kappa shape index (κ3) is 3.28. The van der Waals surface area contributed by atoms with Gasteiger partial charge in [-0.15, -0.1) is 0 Å². The molecule has 0 radical (unpaired) electrons. The molecule has 1 saturated carbocycles. The number of hydrogen-bond donors (Lipinski definition) is 2. The summed E-state index contributed by atoms with van der Waals surface area (Å²) in [4.78, 5) is 31.1. The maximum Gasteiger partial charge on any atom is 0.246 e. The molecule has 3 aliphatic heterocycles. The van der Waals surface area contributed by atoms with Crippen LogP contribution in [0.2, 0.25) is 0 Å². The zero-order chi connectivity index (χ0) is 21.5. The fourth-order valence-corrected chi connectivity index (χ4v) is 5.37. The van der Waals surface area contributed by atoms with Crippen molar-refractivity contribution in [2.45, 2.75) is 37.3 Å². The van der Waals surface area contributed by atoms with E-state index in [1.54, 1.807) is 0 Å². The van der Waals surface area contributed by atoms with E-state index in [1.807, 2.05) is 30.6 Å². The lowest BCUT2D eigenvalue weighted by Gasteiger charge is -2.50. The van der Waals surface area contributed by atoms with Crippen LogP contribution in [-0.4, -0.2) is 65.3 Å². The normalized spacial score (nSPS) is 23.6. The zero-order valence-electron chi connectivity index (χ0n) is 18.0. The smallest absolute Gasteiger partial charge is 0.246 e. The Hall–Kier alpha value is -3.20. The minimum absolute atomic E-state index is 0.0397. The largest absolute Gasteiger partial charge is 0.378 e. The van der Waals surface area contributed by atoms with Gasteiger partial charge in [0, 0.05) is 31.4 Å². The van der Waals surface area contributed by atoms with E-state index in [0.717, 1.165) is 56.2 Å². The molecule has 166 valence electrons. The number of amides is 1. The quantitative estimate of drug-likeness (QED) is 0.760. The monoisotopic (exact) mass is 433 g/mol. The summed E-state index contributed by atoms with van der Waals surface area (Å²) in [6.07, 6.45) is 12.1. The molecule has 0 aromatic carbocycles. The first kappa shape index (κ1) is 19.5. The minimum atomic E-state index is -0.317. The number of nitrogens with one attached hydrogen (secondary N) is 2. The molecule has 9 nitrogen and oxygen atoms in total. The van der Waals surface area contributed by atoms with Gasteiger partial charge < -0.3 is 25.2 Å². The maximum absolute atomic E-state index is 12.6. The summed E-state index contributed by atoms with van der Waals surface area (Å²) in [6.45, 7) is 3.92. The molecule has 6 rings (SSSR count). The number of carbonyl (C=O) groups is 1. The van der Waals surface area contributed by atoms with Gasteiger partial charge in [0.05, 0.1) is 30.6 Å². The highest BCUT2D eigenvalue weighted by atomic mass is 16.5. The summed E-state index contributed by atoms with van der Waals surface area (Å²) in [5.74, 6) is 2.05. The number of hydrogen-bond acceptors (Lipinski definition) is 8. The van der Waals surface area contributed by atoms with Gasteiger partial charge in [-0.25, -0.2) is 9.97 Å². The molecule has 2 aromatic heterocycles. The van der Waals surface area contributed by atoms with Gasteiger partial charge in [-0.1, -0.05) is 25.0 Å². The van der Waals surface area contributed by atoms with Crippen molar-refractivity contribution in [3.8, 4) is 0 Å². The van der Waals surface area contributed by atoms with Crippen LogP contribution in [0, 0.1) is 0 Å². The first-order valence-corrected chi connectivity index (χ1v) is 11.4. The molecule has 1 amide bonds. The van der Waals surface area contributed by atoms with Crippen molar-refractivity contribution in [1.82, 2.24) is 20.3 Å². The van der Waals surface area contributed by atoms with Crippen LogP contribution in [0.4, 0.5) is 23.3 Å². The van der Waals surface area contributed by atoms with Gasteiger partial charge in [-0.3, -0.25) is 4.79 Å². The minimum Gasteiger partial charge on any atom is -0.378 e. The first-order chi connectivity index (χ1) is 15.7. The van der Waals surface area contributed by atoms with Crippen molar-refractivity contribution in [1.29, 1.82) is 0 Å². The fourth-order valence-electron chi connectivity index (χ4n) is 5.37. The Kier molecular flexibility index (Phi) is 4.71. The molecule has 2 N–H and O–H groups in total. The number of morpholine rings is 1. The predicted molar refractivity (Wildman–Crippen MR) is 122 cm³/mol. The van der Waals surface area contributed by atoms with Gasteiger partial charge in [0.25, 0.3) is 0 Å². The molecular weight excluding hydrogens is 406 g/mol. The molecule has 9 heteroatoms. The van der Waals surface area contributed by atoms with Crippen molar-refractivity contribution in [2.75, 3.05) is 48.0 Å². The van der Waals surface area contributed by atoms with Crippen LogP contribution in [0.5, 0.6) is 0 Å². The van der Waals surface area contributed by atoms with E-state index in [1.165, 1.54) is 12.8 Å². The second-order valence-corrected chi connectivity index (χ2v) is 8.92. The summed E-state index contributed by atoms with van der Waals surface area (Å²) in [5.41, 5.74) is 1.96. The Morgan fingerprint density at radius 3 is 2.75 bits per heavy atom. The third-order valence-electron chi connectivity index (χ3n) is 7.03. The Labute approximate surface area is 186 Å². The highest BCUT2D eigenvalue weighted by molar-refractivity contribution is 5.93. The summed E-state index contributed by atoms with van der Waals surface area (Å²) in [7, 11) is 0. The summed E-state index contributed by atoms with van der Waals surface area (Å²) >= 11 is 0. The fraction of sp³-hybridized carbons (Fsp3) is 0.478. The maximum atomic E-state index is 12.6. The van der Waals surface area contributed by atoms with Gasteiger partial charge >= 0.3 is 0 Å². The Morgan fingerprint density at radius 1 is 1.12 bits per heavy atom. The van der Waals surface area contributed by atoms with E-state index in [0.29, 0.717) is 18.3 Å². The van der Waals surface area contributed by atoms with Crippen molar-refractivity contribution >= 4 is 35.3 Å². The number of rotatable bonds is 3. The van der Waals surface area contributed by atoms with E-state index in [9.17, 15) is 4.79 Å². The molecule has 2 aromatic rings. The number of ether oxygens (including phenoxy) is 1. The molecular formula is C23H27N7O2. The second-order valence-electron chi connectivity index (χ2n) is 8.92. The molecule has 1 unspecified atom stereocenters. The van der Waals surface area contributed by atoms with Crippen molar-refractivity contribution in [3.63, 3.8) is 0 Å². The topological polar surface area (TPSA) is 95.5 Å². The van der Waals surface area contributed by atoms with Crippen LogP contribution in [0.25, 0.3) is 6.08 Å². The van der Waals surface area contributed by atoms with E-state index in [4.69, 9.17) is 9.72 Å². The van der Waals surface area contributed by atoms with E-state index >= 15 is 0 Å². The van der Waals surface area contributed by atoms with Gasteiger partial charge in [-0.2, -0.15) is 4.98 Å². The van der Waals surface area contributed by atoms with Crippen molar-refractivity contribution in [3.05, 3.63) is 36.2 Å². The Balaban J connectivity index is 1.27. The molecule has 32 heavy (non-hydrogen) atoms. The van der Waals surface area contributed by atoms with Crippen molar-refractivity contribution in [2.24, 2.45) is 0 Å². The molecule has 2 saturated heterocycles. The summed E-state index contributed by atoms with van der Waals surface area (Å²) < 4.78 is 5.42. The molecule has 1 aliphatic carbocycles. The van der Waals surface area contributed by atoms with Crippen LogP contribution in [0.1, 0.15) is 31.2 Å². The number of pyridine rings is 1. The molecule has 1 spiro atoms. The third-order valence-corrected chi connectivity index (χ3v) is 7.03. The molecule has 1 atom stereocenters. The molecule has 5 heterocycles. The Morgan fingerprint density at radius 2 is 1.97 bits per heavy atom. The van der Waals surface area contributed by atoms with Crippen LogP contribution >= 0.6 is 0 Å². The van der Waals surface area contributed by atoms with Crippen LogP contribution in [-0.2, 0) is 9.53 Å². The number of carbonyl (C=O) groups excluding carboxylic acids is 1. The lowest BCUT2D eigenvalue weighted by molar-refractivity contribution is -0.123. The Bertz CT molecular complexity index is 1040. The number of aromatic nitrogens is 3. The van der Waals surface area contributed by atoms with Crippen molar-refractivity contribution < 1.29 is 9.53 Å². The average Bonchev–Trinajstić information content (AvgIpc) is 3.31. The van der Waals surface area contributed by atoms with E-state index in [-0.39, 0.29) is 17.5 Å². The lowest BCUT2D eigenvalue weighted by atomic mass is 9.87.